The lowest BCUT2D eigenvalue weighted by molar-refractivity contribution is 0.0342. The minimum atomic E-state index is -0.119. The van der Waals surface area contributed by atoms with E-state index in [0.717, 1.165) is 93.4 Å². The van der Waals surface area contributed by atoms with Gasteiger partial charge in [-0.2, -0.15) is 0 Å². The number of morpholine rings is 1. The van der Waals surface area contributed by atoms with E-state index in [0.29, 0.717) is 23.0 Å². The highest BCUT2D eigenvalue weighted by Crippen LogP contribution is 2.34. The van der Waals surface area contributed by atoms with E-state index < -0.39 is 0 Å². The molecule has 224 valence electrons. The number of nitrogens with one attached hydrogen (secondary N) is 1. The largest absolute Gasteiger partial charge is 0.495 e. The molecule has 42 heavy (non-hydrogen) atoms. The van der Waals surface area contributed by atoms with Crippen molar-refractivity contribution < 1.29 is 19.0 Å². The highest BCUT2D eigenvalue weighted by molar-refractivity contribution is 5.99. The predicted molar refractivity (Wildman–Crippen MR) is 166 cm³/mol. The maximum Gasteiger partial charge on any atom is 0.251 e. The van der Waals surface area contributed by atoms with E-state index in [-0.39, 0.29) is 12.5 Å². The van der Waals surface area contributed by atoms with Crippen molar-refractivity contribution in [3.8, 4) is 16.9 Å². The van der Waals surface area contributed by atoms with E-state index in [4.69, 9.17) is 14.2 Å². The molecule has 2 saturated heterocycles. The van der Waals surface area contributed by atoms with Crippen molar-refractivity contribution >= 4 is 11.6 Å². The number of aromatic nitrogens is 1. The molecule has 2 aromatic carbocycles. The lowest BCUT2D eigenvalue weighted by atomic mass is 9.94. The third kappa shape index (κ3) is 7.12. The molecule has 0 bridgehead atoms. The number of amides is 1. The number of pyridine rings is 1. The summed E-state index contributed by atoms with van der Waals surface area (Å²) in [5.74, 6) is 0.558. The van der Waals surface area contributed by atoms with Gasteiger partial charge in [-0.05, 0) is 79.6 Å². The molecule has 0 spiro atoms. The van der Waals surface area contributed by atoms with Crippen LogP contribution in [-0.2, 0) is 22.6 Å². The molecule has 2 aliphatic heterocycles. The molecule has 1 aromatic heterocycles. The molecule has 3 heterocycles. The van der Waals surface area contributed by atoms with Gasteiger partial charge in [0, 0.05) is 62.9 Å². The van der Waals surface area contributed by atoms with E-state index >= 15 is 0 Å². The normalized spacial score (nSPS) is 16.3. The smallest absolute Gasteiger partial charge is 0.251 e. The molecule has 0 radical (unpaired) electrons. The van der Waals surface area contributed by atoms with Gasteiger partial charge in [0.2, 0.25) is 0 Å². The average molecular weight is 573 g/mol. The summed E-state index contributed by atoms with van der Waals surface area (Å²) in [4.78, 5) is 23.2. The second-order valence-corrected chi connectivity index (χ2v) is 11.2. The number of ether oxygens (including phenoxy) is 3. The Bertz CT molecular complexity index is 1350. The number of rotatable bonds is 10. The van der Waals surface area contributed by atoms with Crippen LogP contribution in [0.15, 0.2) is 48.7 Å². The van der Waals surface area contributed by atoms with E-state index in [1.165, 1.54) is 5.56 Å². The summed E-state index contributed by atoms with van der Waals surface area (Å²) in [6.07, 6.45) is 3.76. The lowest BCUT2D eigenvalue weighted by Crippen LogP contribution is -2.40. The van der Waals surface area contributed by atoms with E-state index in [2.05, 4.69) is 64.3 Å². The molecular formula is C34H44N4O4. The summed E-state index contributed by atoms with van der Waals surface area (Å²) in [7, 11) is 1.63. The van der Waals surface area contributed by atoms with Crippen LogP contribution in [0.1, 0.15) is 52.5 Å². The molecule has 3 aromatic rings. The molecule has 0 atom stereocenters. The molecule has 1 amide bonds. The molecule has 1 N–H and O–H groups in total. The Kier molecular flexibility index (Phi) is 10.1. The van der Waals surface area contributed by atoms with Crippen molar-refractivity contribution in [2.75, 3.05) is 58.1 Å². The summed E-state index contributed by atoms with van der Waals surface area (Å²) in [5, 5.41) is 3.11. The SMILES string of the molecule is CCN(c1cc(-c2ccc(CN3CCOCC3)cc2)cc(C(=O)NCc2ncc(C)cc2OC)c1C)C1CCOCC1. The van der Waals surface area contributed by atoms with Crippen molar-refractivity contribution in [2.24, 2.45) is 0 Å². The predicted octanol–water partition coefficient (Wildman–Crippen LogP) is 5.14. The van der Waals surface area contributed by atoms with Gasteiger partial charge in [-0.3, -0.25) is 14.7 Å². The Labute approximate surface area is 250 Å². The molecule has 2 aliphatic rings. The van der Waals surface area contributed by atoms with Crippen molar-refractivity contribution in [3.63, 3.8) is 0 Å². The van der Waals surface area contributed by atoms with Gasteiger partial charge in [-0.1, -0.05) is 24.3 Å². The first-order chi connectivity index (χ1) is 20.5. The Morgan fingerprint density at radius 3 is 2.43 bits per heavy atom. The Morgan fingerprint density at radius 2 is 1.74 bits per heavy atom. The fraction of sp³-hybridized carbons (Fsp3) is 0.471. The topological polar surface area (TPSA) is 76.2 Å². The summed E-state index contributed by atoms with van der Waals surface area (Å²) in [6, 6.07) is 15.4. The third-order valence-corrected chi connectivity index (χ3v) is 8.41. The molecule has 0 aliphatic carbocycles. The summed E-state index contributed by atoms with van der Waals surface area (Å²) in [5.41, 5.74) is 7.90. The van der Waals surface area contributed by atoms with Crippen molar-refractivity contribution in [2.45, 2.75) is 52.7 Å². The second-order valence-electron chi connectivity index (χ2n) is 11.2. The second kappa shape index (κ2) is 14.1. The number of carbonyl (C=O) groups is 1. The highest BCUT2D eigenvalue weighted by Gasteiger charge is 2.25. The zero-order chi connectivity index (χ0) is 29.5. The van der Waals surface area contributed by atoms with Crippen LogP contribution in [0.5, 0.6) is 5.75 Å². The van der Waals surface area contributed by atoms with Crippen molar-refractivity contribution in [1.29, 1.82) is 0 Å². The van der Waals surface area contributed by atoms with Crippen molar-refractivity contribution in [3.05, 3.63) is 76.6 Å². The molecule has 0 saturated carbocycles. The molecule has 0 unspecified atom stereocenters. The van der Waals surface area contributed by atoms with Gasteiger partial charge in [0.05, 0.1) is 26.9 Å². The number of anilines is 1. The van der Waals surface area contributed by atoms with Crippen molar-refractivity contribution in [1.82, 2.24) is 15.2 Å². The number of nitrogens with zero attached hydrogens (tertiary/aromatic N) is 3. The fourth-order valence-electron chi connectivity index (χ4n) is 5.98. The van der Waals surface area contributed by atoms with Crippen LogP contribution in [0.4, 0.5) is 5.69 Å². The number of benzene rings is 2. The Balaban J connectivity index is 1.45. The minimum Gasteiger partial charge on any atom is -0.495 e. The molecular weight excluding hydrogens is 528 g/mol. The number of hydrogen-bond acceptors (Lipinski definition) is 7. The summed E-state index contributed by atoms with van der Waals surface area (Å²) in [6.45, 7) is 13.3. The number of aryl methyl sites for hydroxylation is 1. The molecule has 8 nitrogen and oxygen atoms in total. The monoisotopic (exact) mass is 572 g/mol. The maximum absolute atomic E-state index is 13.8. The maximum atomic E-state index is 13.8. The standard InChI is InChI=1S/C34H44N4O4/c1-5-38(29-10-14-41-15-11-29)32-20-28(27-8-6-26(7-9-27)23-37-12-16-42-17-13-37)19-30(25(32)3)34(39)36-22-31-33(40-4)18-24(2)21-35-31/h6-9,18-21,29H,5,10-17,22-23H2,1-4H3,(H,36,39). The average Bonchev–Trinajstić information content (AvgIpc) is 3.03. The number of hydrogen-bond donors (Lipinski definition) is 1. The van der Waals surface area contributed by atoms with Gasteiger partial charge in [0.1, 0.15) is 11.4 Å². The van der Waals surface area contributed by atoms with Crippen LogP contribution in [0, 0.1) is 13.8 Å². The zero-order valence-electron chi connectivity index (χ0n) is 25.4. The lowest BCUT2D eigenvalue weighted by Gasteiger charge is -2.37. The Hall–Kier alpha value is -3.46. The first kappa shape index (κ1) is 30.0. The van der Waals surface area contributed by atoms with Gasteiger partial charge < -0.3 is 24.4 Å². The van der Waals surface area contributed by atoms with Crippen LogP contribution >= 0.6 is 0 Å². The first-order valence-electron chi connectivity index (χ1n) is 15.1. The molecule has 8 heteroatoms. The van der Waals surface area contributed by atoms with E-state index in [1.54, 1.807) is 13.3 Å². The number of carbonyl (C=O) groups excluding carboxylic acids is 1. The van der Waals surface area contributed by atoms with Gasteiger partial charge in [-0.15, -0.1) is 0 Å². The Morgan fingerprint density at radius 1 is 1.02 bits per heavy atom. The van der Waals surface area contributed by atoms with Crippen LogP contribution in [0.3, 0.4) is 0 Å². The van der Waals surface area contributed by atoms with Crippen LogP contribution in [0.2, 0.25) is 0 Å². The van der Waals surface area contributed by atoms with E-state index in [9.17, 15) is 4.79 Å². The van der Waals surface area contributed by atoms with Gasteiger partial charge >= 0.3 is 0 Å². The van der Waals surface area contributed by atoms with Gasteiger partial charge in [-0.25, -0.2) is 0 Å². The molecule has 5 rings (SSSR count). The third-order valence-electron chi connectivity index (χ3n) is 8.41. The van der Waals surface area contributed by atoms with Gasteiger partial charge in [0.15, 0.2) is 0 Å². The minimum absolute atomic E-state index is 0.119. The fourth-order valence-corrected chi connectivity index (χ4v) is 5.98. The first-order valence-corrected chi connectivity index (χ1v) is 15.1. The van der Waals surface area contributed by atoms with Crippen LogP contribution in [-0.4, -0.2) is 75.0 Å². The zero-order valence-corrected chi connectivity index (χ0v) is 25.4. The van der Waals surface area contributed by atoms with Crippen LogP contribution < -0.4 is 15.0 Å². The number of methoxy groups -OCH3 is 1. The summed E-state index contributed by atoms with van der Waals surface area (Å²) >= 11 is 0. The summed E-state index contributed by atoms with van der Waals surface area (Å²) < 4.78 is 16.7. The molecule has 2 fully saturated rings. The highest BCUT2D eigenvalue weighted by atomic mass is 16.5. The van der Waals surface area contributed by atoms with Gasteiger partial charge in [0.25, 0.3) is 5.91 Å². The van der Waals surface area contributed by atoms with Crippen LogP contribution in [0.25, 0.3) is 11.1 Å². The van der Waals surface area contributed by atoms with E-state index in [1.807, 2.05) is 19.1 Å². The quantitative estimate of drug-likeness (QED) is 0.361.